The van der Waals surface area contributed by atoms with Crippen LogP contribution in [0.5, 0.6) is 0 Å². The van der Waals surface area contributed by atoms with Gasteiger partial charge in [-0.05, 0) is 26.0 Å². The molecule has 0 bridgehead atoms. The van der Waals surface area contributed by atoms with Crippen molar-refractivity contribution in [2.75, 3.05) is 6.61 Å². The number of rotatable bonds is 4. The lowest BCUT2D eigenvalue weighted by Gasteiger charge is -2.00. The van der Waals surface area contributed by atoms with Gasteiger partial charge in [-0.15, -0.1) is 0 Å². The Morgan fingerprint density at radius 2 is 2.31 bits per heavy atom. The molecule has 86 valence electrons. The van der Waals surface area contributed by atoms with E-state index >= 15 is 0 Å². The zero-order valence-corrected chi connectivity index (χ0v) is 9.02. The summed E-state index contributed by atoms with van der Waals surface area (Å²) in [5, 5.41) is 3.58. The molecule has 0 aliphatic carbocycles. The summed E-state index contributed by atoms with van der Waals surface area (Å²) < 4.78 is 9.52. The van der Waals surface area contributed by atoms with E-state index in [0.717, 1.165) is 0 Å². The summed E-state index contributed by atoms with van der Waals surface area (Å²) in [7, 11) is 0. The predicted molar refractivity (Wildman–Crippen MR) is 55.9 cm³/mol. The largest absolute Gasteiger partial charge is 0.461 e. The van der Waals surface area contributed by atoms with E-state index in [1.165, 1.54) is 19.3 Å². The minimum absolute atomic E-state index is 0.0711. The van der Waals surface area contributed by atoms with Crippen LogP contribution in [0.2, 0.25) is 0 Å². The van der Waals surface area contributed by atoms with Crippen LogP contribution in [-0.4, -0.2) is 24.2 Å². The Hall–Kier alpha value is -2.11. The fourth-order valence-electron chi connectivity index (χ4n) is 0.879. The summed E-state index contributed by atoms with van der Waals surface area (Å²) >= 11 is 0. The molecule has 1 amide bonds. The van der Waals surface area contributed by atoms with Crippen LogP contribution in [0.25, 0.3) is 0 Å². The third-order valence-electron chi connectivity index (χ3n) is 1.64. The Morgan fingerprint density at radius 3 is 2.88 bits per heavy atom. The second-order valence-electron chi connectivity index (χ2n) is 2.84. The van der Waals surface area contributed by atoms with Crippen molar-refractivity contribution < 1.29 is 18.7 Å². The summed E-state index contributed by atoms with van der Waals surface area (Å²) in [5.74, 6) is -0.962. The topological polar surface area (TPSA) is 80.9 Å². The van der Waals surface area contributed by atoms with Gasteiger partial charge < -0.3 is 9.15 Å². The van der Waals surface area contributed by atoms with Crippen molar-refractivity contribution >= 4 is 17.6 Å². The van der Waals surface area contributed by atoms with Gasteiger partial charge in [-0.2, -0.15) is 5.10 Å². The maximum Gasteiger partial charge on any atom is 0.354 e. The Labute approximate surface area is 92.3 Å². The molecule has 0 aromatic carbocycles. The van der Waals surface area contributed by atoms with Crippen LogP contribution in [0, 0.1) is 0 Å². The van der Waals surface area contributed by atoms with Crippen molar-refractivity contribution in [2.45, 2.75) is 13.8 Å². The van der Waals surface area contributed by atoms with Gasteiger partial charge in [-0.1, -0.05) is 0 Å². The summed E-state index contributed by atoms with van der Waals surface area (Å²) in [6, 6.07) is 3.07. The SMILES string of the molecule is CCOC(=O)/C(C)=N/NC(=O)c1ccco1. The van der Waals surface area contributed by atoms with E-state index in [2.05, 4.69) is 15.3 Å². The predicted octanol–water partition coefficient (Wildman–Crippen LogP) is 0.948. The summed E-state index contributed by atoms with van der Waals surface area (Å²) in [6.07, 6.45) is 1.37. The number of ether oxygens (including phenoxy) is 1. The van der Waals surface area contributed by atoms with Crippen molar-refractivity contribution in [3.63, 3.8) is 0 Å². The summed E-state index contributed by atoms with van der Waals surface area (Å²) in [4.78, 5) is 22.4. The standard InChI is InChI=1S/C10H12N2O4/c1-3-15-10(14)7(2)11-12-9(13)8-5-4-6-16-8/h4-6H,3H2,1-2H3,(H,12,13)/b11-7+. The van der Waals surface area contributed by atoms with E-state index in [0.29, 0.717) is 0 Å². The van der Waals surface area contributed by atoms with Gasteiger partial charge in [0.05, 0.1) is 12.9 Å². The third-order valence-corrected chi connectivity index (χ3v) is 1.64. The normalized spacial score (nSPS) is 11.0. The van der Waals surface area contributed by atoms with Crippen LogP contribution in [0.4, 0.5) is 0 Å². The lowest BCUT2D eigenvalue weighted by Crippen LogP contribution is -2.22. The number of carbonyl (C=O) groups is 2. The number of amides is 1. The highest BCUT2D eigenvalue weighted by Gasteiger charge is 2.10. The second kappa shape index (κ2) is 5.69. The van der Waals surface area contributed by atoms with E-state index in [1.54, 1.807) is 13.0 Å². The number of nitrogens with one attached hydrogen (secondary N) is 1. The molecule has 0 unspecified atom stereocenters. The molecule has 0 aliphatic heterocycles. The Balaban J connectivity index is 2.53. The van der Waals surface area contributed by atoms with E-state index in [4.69, 9.17) is 4.42 Å². The third kappa shape index (κ3) is 3.23. The van der Waals surface area contributed by atoms with Gasteiger partial charge in [-0.25, -0.2) is 10.2 Å². The van der Waals surface area contributed by atoms with Crippen molar-refractivity contribution in [1.82, 2.24) is 5.43 Å². The van der Waals surface area contributed by atoms with Crippen molar-refractivity contribution in [3.05, 3.63) is 24.2 Å². The zero-order valence-electron chi connectivity index (χ0n) is 9.02. The molecule has 0 spiro atoms. The molecule has 0 atom stereocenters. The smallest absolute Gasteiger partial charge is 0.354 e. The quantitative estimate of drug-likeness (QED) is 0.469. The molecule has 0 saturated carbocycles. The Kier molecular flexibility index (Phi) is 4.26. The van der Waals surface area contributed by atoms with Gasteiger partial charge in [0.1, 0.15) is 5.71 Å². The number of hydrogen-bond acceptors (Lipinski definition) is 5. The number of nitrogens with zero attached hydrogens (tertiary/aromatic N) is 1. The van der Waals surface area contributed by atoms with Gasteiger partial charge in [0, 0.05) is 0 Å². The number of furan rings is 1. The molecule has 1 rings (SSSR count). The van der Waals surface area contributed by atoms with Gasteiger partial charge in [-0.3, -0.25) is 4.79 Å². The molecule has 0 fully saturated rings. The Bertz CT molecular complexity index is 395. The molecule has 1 heterocycles. The Morgan fingerprint density at radius 1 is 1.56 bits per heavy atom. The van der Waals surface area contributed by atoms with Gasteiger partial charge in [0.15, 0.2) is 5.76 Å². The molecule has 0 aliphatic rings. The molecule has 0 saturated heterocycles. The fraction of sp³-hybridized carbons (Fsp3) is 0.300. The lowest BCUT2D eigenvalue weighted by atomic mass is 10.4. The average molecular weight is 224 g/mol. The molecule has 16 heavy (non-hydrogen) atoms. The van der Waals surface area contributed by atoms with Crippen LogP contribution in [-0.2, 0) is 9.53 Å². The highest BCUT2D eigenvalue weighted by Crippen LogP contribution is 1.98. The van der Waals surface area contributed by atoms with E-state index in [9.17, 15) is 9.59 Å². The zero-order chi connectivity index (χ0) is 12.0. The first kappa shape index (κ1) is 12.0. The van der Waals surface area contributed by atoms with Gasteiger partial charge >= 0.3 is 11.9 Å². The van der Waals surface area contributed by atoms with Crippen molar-refractivity contribution in [3.8, 4) is 0 Å². The maximum absolute atomic E-state index is 11.3. The van der Waals surface area contributed by atoms with Crippen molar-refractivity contribution in [2.24, 2.45) is 5.10 Å². The monoisotopic (exact) mass is 224 g/mol. The lowest BCUT2D eigenvalue weighted by molar-refractivity contribution is -0.135. The molecular weight excluding hydrogens is 212 g/mol. The molecule has 1 aromatic heterocycles. The first-order valence-electron chi connectivity index (χ1n) is 4.70. The molecule has 1 N–H and O–H groups in total. The van der Waals surface area contributed by atoms with Gasteiger partial charge in [0.25, 0.3) is 0 Å². The molecule has 6 nitrogen and oxygen atoms in total. The number of hydrazone groups is 1. The number of esters is 1. The first-order chi connectivity index (χ1) is 7.65. The molecular formula is C10H12N2O4. The van der Waals surface area contributed by atoms with Crippen LogP contribution < -0.4 is 5.43 Å². The molecule has 1 aromatic rings. The molecule has 0 radical (unpaired) electrons. The number of hydrogen-bond donors (Lipinski definition) is 1. The van der Waals surface area contributed by atoms with Crippen LogP contribution in [0.15, 0.2) is 27.9 Å². The van der Waals surface area contributed by atoms with Gasteiger partial charge in [0.2, 0.25) is 0 Å². The van der Waals surface area contributed by atoms with E-state index in [1.807, 2.05) is 0 Å². The maximum atomic E-state index is 11.3. The fourth-order valence-corrected chi connectivity index (χ4v) is 0.879. The summed E-state index contributed by atoms with van der Waals surface area (Å²) in [5.41, 5.74) is 2.25. The van der Waals surface area contributed by atoms with Crippen LogP contribution >= 0.6 is 0 Å². The minimum atomic E-state index is -0.567. The van der Waals surface area contributed by atoms with Crippen LogP contribution in [0.3, 0.4) is 0 Å². The van der Waals surface area contributed by atoms with Crippen LogP contribution in [0.1, 0.15) is 24.4 Å². The van der Waals surface area contributed by atoms with E-state index in [-0.39, 0.29) is 18.1 Å². The summed E-state index contributed by atoms with van der Waals surface area (Å²) in [6.45, 7) is 3.39. The van der Waals surface area contributed by atoms with E-state index < -0.39 is 11.9 Å². The first-order valence-corrected chi connectivity index (χ1v) is 4.70. The average Bonchev–Trinajstić information content (AvgIpc) is 2.79. The number of carbonyl (C=O) groups excluding carboxylic acids is 2. The highest BCUT2D eigenvalue weighted by molar-refractivity contribution is 6.35. The minimum Gasteiger partial charge on any atom is -0.461 e. The van der Waals surface area contributed by atoms with Crippen molar-refractivity contribution in [1.29, 1.82) is 0 Å². The molecule has 6 heteroatoms. The highest BCUT2D eigenvalue weighted by atomic mass is 16.5. The second-order valence-corrected chi connectivity index (χ2v) is 2.84.